The van der Waals surface area contributed by atoms with E-state index in [0.29, 0.717) is 25.2 Å². The van der Waals surface area contributed by atoms with Crippen LogP contribution >= 0.6 is 0 Å². The highest BCUT2D eigenvalue weighted by atomic mass is 16.5. The first-order valence-corrected chi connectivity index (χ1v) is 6.51. The summed E-state index contributed by atoms with van der Waals surface area (Å²) in [6, 6.07) is 0. The Balaban J connectivity index is 4.37. The molecule has 0 saturated carbocycles. The van der Waals surface area contributed by atoms with E-state index in [1.54, 1.807) is 6.92 Å². The fourth-order valence-corrected chi connectivity index (χ4v) is 1.29. The second kappa shape index (κ2) is 8.88. The van der Waals surface area contributed by atoms with E-state index in [1.807, 2.05) is 26.8 Å². The summed E-state index contributed by atoms with van der Waals surface area (Å²) in [5.74, 6) is -0.435. The molecule has 1 unspecified atom stereocenters. The Kier molecular flexibility index (Phi) is 8.35. The van der Waals surface area contributed by atoms with Crippen molar-refractivity contribution in [2.45, 2.75) is 34.1 Å². The smallest absolute Gasteiger partial charge is 0.333 e. The second-order valence-electron chi connectivity index (χ2n) is 5.16. The van der Waals surface area contributed by atoms with Gasteiger partial charge in [0.05, 0.1) is 25.2 Å². The van der Waals surface area contributed by atoms with Gasteiger partial charge in [0.1, 0.15) is 6.61 Å². The summed E-state index contributed by atoms with van der Waals surface area (Å²) < 4.78 is 10.7. The van der Waals surface area contributed by atoms with Gasteiger partial charge >= 0.3 is 5.97 Å². The molecule has 0 aliphatic carbocycles. The van der Waals surface area contributed by atoms with Crippen molar-refractivity contribution < 1.29 is 19.4 Å². The minimum absolute atomic E-state index is 0.0816. The number of carbonyl (C=O) groups excluding carboxylic acids is 1. The lowest BCUT2D eigenvalue weighted by Crippen LogP contribution is -2.36. The third kappa shape index (κ3) is 7.13. The molecule has 0 spiro atoms. The molecular formula is C15H26O4. The number of rotatable bonds is 9. The maximum Gasteiger partial charge on any atom is 0.333 e. The summed E-state index contributed by atoms with van der Waals surface area (Å²) in [5, 5.41) is 9.53. The van der Waals surface area contributed by atoms with Gasteiger partial charge in [-0.2, -0.15) is 0 Å². The molecule has 0 aromatic carbocycles. The van der Waals surface area contributed by atoms with Crippen molar-refractivity contribution in [2.24, 2.45) is 5.41 Å². The quantitative estimate of drug-likeness (QED) is 0.303. The summed E-state index contributed by atoms with van der Waals surface area (Å²) in [4.78, 5) is 11.4. The Bertz CT molecular complexity index is 323. The molecule has 0 aliphatic rings. The number of esters is 1. The van der Waals surface area contributed by atoms with Gasteiger partial charge in [-0.1, -0.05) is 25.2 Å². The molecule has 4 heteroatoms. The van der Waals surface area contributed by atoms with Crippen LogP contribution in [0, 0.1) is 5.41 Å². The van der Waals surface area contributed by atoms with Crippen LogP contribution in [0.3, 0.4) is 0 Å². The molecule has 1 atom stereocenters. The van der Waals surface area contributed by atoms with Crippen LogP contribution in [0.2, 0.25) is 0 Å². The average Bonchev–Trinajstić information content (AvgIpc) is 2.37. The van der Waals surface area contributed by atoms with Gasteiger partial charge in [-0.3, -0.25) is 0 Å². The van der Waals surface area contributed by atoms with E-state index in [0.717, 1.165) is 0 Å². The van der Waals surface area contributed by atoms with E-state index in [9.17, 15) is 9.90 Å². The van der Waals surface area contributed by atoms with Gasteiger partial charge in [-0.15, -0.1) is 0 Å². The van der Waals surface area contributed by atoms with E-state index in [2.05, 4.69) is 6.58 Å². The highest BCUT2D eigenvalue weighted by molar-refractivity contribution is 5.86. The van der Waals surface area contributed by atoms with Gasteiger partial charge in [0.2, 0.25) is 0 Å². The highest BCUT2D eigenvalue weighted by Gasteiger charge is 2.30. The molecule has 0 aromatic rings. The lowest BCUT2D eigenvalue weighted by Gasteiger charge is -2.29. The Labute approximate surface area is 116 Å². The van der Waals surface area contributed by atoms with Crippen molar-refractivity contribution in [1.29, 1.82) is 0 Å². The monoisotopic (exact) mass is 270 g/mol. The van der Waals surface area contributed by atoms with Crippen molar-refractivity contribution in [1.82, 2.24) is 0 Å². The molecule has 0 bridgehead atoms. The van der Waals surface area contributed by atoms with Crippen LogP contribution in [-0.4, -0.2) is 37.5 Å². The fraction of sp³-hybridized carbons (Fsp3) is 0.667. The van der Waals surface area contributed by atoms with Crippen LogP contribution < -0.4 is 0 Å². The number of carbonyl (C=O) groups is 1. The van der Waals surface area contributed by atoms with E-state index < -0.39 is 11.4 Å². The molecule has 110 valence electrons. The summed E-state index contributed by atoms with van der Waals surface area (Å²) in [6.45, 7) is 12.0. The first-order chi connectivity index (χ1) is 8.87. The maximum absolute atomic E-state index is 11.4. The Hall–Kier alpha value is -1.13. The number of hydrogen-bond acceptors (Lipinski definition) is 4. The van der Waals surface area contributed by atoms with Crippen LogP contribution in [-0.2, 0) is 14.3 Å². The van der Waals surface area contributed by atoms with Crippen LogP contribution in [0.15, 0.2) is 23.8 Å². The summed E-state index contributed by atoms with van der Waals surface area (Å²) in [7, 11) is 0. The van der Waals surface area contributed by atoms with Crippen molar-refractivity contribution in [2.75, 3.05) is 26.4 Å². The molecule has 19 heavy (non-hydrogen) atoms. The molecule has 0 fully saturated rings. The third-order valence-electron chi connectivity index (χ3n) is 2.96. The molecule has 0 rings (SSSR count). The molecular weight excluding hydrogens is 244 g/mol. The zero-order valence-corrected chi connectivity index (χ0v) is 12.5. The molecule has 0 aromatic heterocycles. The van der Waals surface area contributed by atoms with Crippen LogP contribution in [0.25, 0.3) is 0 Å². The summed E-state index contributed by atoms with van der Waals surface area (Å²) in [5.41, 5.74) is 0.994. The van der Waals surface area contributed by atoms with Crippen molar-refractivity contribution >= 4 is 5.97 Å². The Morgan fingerprint density at radius 3 is 2.37 bits per heavy atom. The molecule has 0 saturated heterocycles. The lowest BCUT2D eigenvalue weighted by atomic mass is 9.88. The second-order valence-corrected chi connectivity index (χ2v) is 5.16. The van der Waals surface area contributed by atoms with E-state index in [4.69, 9.17) is 9.47 Å². The fourth-order valence-electron chi connectivity index (χ4n) is 1.29. The molecule has 4 nitrogen and oxygen atoms in total. The number of ether oxygens (including phenoxy) is 2. The molecule has 0 aliphatic heterocycles. The first kappa shape index (κ1) is 17.9. The first-order valence-electron chi connectivity index (χ1n) is 6.51. The summed E-state index contributed by atoms with van der Waals surface area (Å²) >= 11 is 0. The maximum atomic E-state index is 11.4. The normalized spacial score (nSPS) is 13.5. The molecule has 0 radical (unpaired) electrons. The Morgan fingerprint density at radius 1 is 1.32 bits per heavy atom. The standard InChI is InChI=1S/C15H26O4/c1-6-15(9-16,10-18-8-7-12(2)3)11-19-14(17)13(4)5/h7,16H,4,6,8-11H2,1-3,5H3. The van der Waals surface area contributed by atoms with E-state index in [1.165, 1.54) is 5.57 Å². The largest absolute Gasteiger partial charge is 0.462 e. The van der Waals surface area contributed by atoms with Gasteiger partial charge < -0.3 is 14.6 Å². The zero-order valence-electron chi connectivity index (χ0n) is 12.5. The predicted molar refractivity (Wildman–Crippen MR) is 75.8 cm³/mol. The number of hydrogen-bond donors (Lipinski definition) is 1. The predicted octanol–water partition coefficient (Wildman–Crippen LogP) is 2.48. The van der Waals surface area contributed by atoms with Crippen LogP contribution in [0.1, 0.15) is 34.1 Å². The molecule has 1 N–H and O–H groups in total. The zero-order chi connectivity index (χ0) is 14.9. The number of aliphatic hydroxyl groups is 1. The summed E-state index contributed by atoms with van der Waals surface area (Å²) in [6.07, 6.45) is 2.64. The van der Waals surface area contributed by atoms with E-state index in [-0.39, 0.29) is 13.2 Å². The SMILES string of the molecule is C=C(C)C(=O)OCC(CC)(CO)COCC=C(C)C. The van der Waals surface area contributed by atoms with Gasteiger partial charge in [-0.25, -0.2) is 4.79 Å². The van der Waals surface area contributed by atoms with Gasteiger partial charge in [0.15, 0.2) is 0 Å². The van der Waals surface area contributed by atoms with Crippen molar-refractivity contribution in [3.05, 3.63) is 23.8 Å². The van der Waals surface area contributed by atoms with Crippen molar-refractivity contribution in [3.8, 4) is 0 Å². The Morgan fingerprint density at radius 2 is 1.95 bits per heavy atom. The molecule has 0 amide bonds. The number of allylic oxidation sites excluding steroid dienone is 1. The topological polar surface area (TPSA) is 55.8 Å². The lowest BCUT2D eigenvalue weighted by molar-refractivity contribution is -0.145. The van der Waals surface area contributed by atoms with E-state index >= 15 is 0 Å². The minimum atomic E-state index is -0.541. The van der Waals surface area contributed by atoms with Gasteiger partial charge in [0.25, 0.3) is 0 Å². The van der Waals surface area contributed by atoms with Crippen LogP contribution in [0.5, 0.6) is 0 Å². The van der Waals surface area contributed by atoms with Crippen molar-refractivity contribution in [3.63, 3.8) is 0 Å². The van der Waals surface area contributed by atoms with Crippen LogP contribution in [0.4, 0.5) is 0 Å². The highest BCUT2D eigenvalue weighted by Crippen LogP contribution is 2.23. The molecule has 0 heterocycles. The third-order valence-corrected chi connectivity index (χ3v) is 2.96. The minimum Gasteiger partial charge on any atom is -0.462 e. The number of aliphatic hydroxyl groups excluding tert-OH is 1. The van der Waals surface area contributed by atoms with Gasteiger partial charge in [-0.05, 0) is 27.2 Å². The average molecular weight is 270 g/mol. The van der Waals surface area contributed by atoms with Gasteiger partial charge in [0, 0.05) is 5.57 Å².